The first-order chi connectivity index (χ1) is 34.0. The van der Waals surface area contributed by atoms with Gasteiger partial charge in [0.15, 0.2) is 6.10 Å². The molecule has 0 fully saturated rings. The van der Waals surface area contributed by atoms with Crippen LogP contribution in [0.1, 0.15) is 329 Å². The van der Waals surface area contributed by atoms with Crippen LogP contribution >= 0.6 is 0 Å². The number of allylic oxidation sites excluding steroid dienone is 6. The highest BCUT2D eigenvalue weighted by Gasteiger charge is 2.19. The van der Waals surface area contributed by atoms with Crippen LogP contribution < -0.4 is 0 Å². The second-order valence-electron chi connectivity index (χ2n) is 20.6. The molecular weight excluding hydrogens is 853 g/mol. The third-order valence-electron chi connectivity index (χ3n) is 13.6. The SMILES string of the molecule is CCCC/C=C\CCCCCCCC(=O)OCC(COC(=O)CCCCCCCCCCCCCCCCCCCCCCCC)OC(=O)CCCCCCCCC/C=C\C/C=C\CCCCCC. The molecule has 1 atom stereocenters. The van der Waals surface area contributed by atoms with E-state index in [1.807, 2.05) is 0 Å². The summed E-state index contributed by atoms with van der Waals surface area (Å²) in [6.07, 6.45) is 70.1. The van der Waals surface area contributed by atoms with Gasteiger partial charge in [0.1, 0.15) is 13.2 Å². The van der Waals surface area contributed by atoms with Crippen LogP contribution in [0, 0.1) is 0 Å². The van der Waals surface area contributed by atoms with E-state index < -0.39 is 6.10 Å². The summed E-state index contributed by atoms with van der Waals surface area (Å²) in [5.74, 6) is -0.874. The molecule has 6 heteroatoms. The molecular formula is C63H116O6. The third-order valence-corrected chi connectivity index (χ3v) is 13.6. The first-order valence-electron chi connectivity index (χ1n) is 30.5. The Balaban J connectivity index is 4.26. The van der Waals surface area contributed by atoms with Crippen LogP contribution in [0.4, 0.5) is 0 Å². The van der Waals surface area contributed by atoms with E-state index in [1.54, 1.807) is 0 Å². The molecule has 0 aromatic carbocycles. The summed E-state index contributed by atoms with van der Waals surface area (Å²) in [5.41, 5.74) is 0. The van der Waals surface area contributed by atoms with Gasteiger partial charge in [0.05, 0.1) is 0 Å². The van der Waals surface area contributed by atoms with Gasteiger partial charge in [0.2, 0.25) is 0 Å². The minimum atomic E-state index is -0.777. The van der Waals surface area contributed by atoms with E-state index in [9.17, 15) is 14.4 Å². The predicted molar refractivity (Wildman–Crippen MR) is 298 cm³/mol. The topological polar surface area (TPSA) is 78.9 Å². The van der Waals surface area contributed by atoms with Gasteiger partial charge in [-0.2, -0.15) is 0 Å². The molecule has 6 nitrogen and oxygen atoms in total. The lowest BCUT2D eigenvalue weighted by Crippen LogP contribution is -2.30. The molecule has 0 N–H and O–H groups in total. The van der Waals surface area contributed by atoms with Gasteiger partial charge in [-0.3, -0.25) is 14.4 Å². The van der Waals surface area contributed by atoms with E-state index in [1.165, 1.54) is 212 Å². The van der Waals surface area contributed by atoms with Crippen molar-refractivity contribution in [1.82, 2.24) is 0 Å². The Labute approximate surface area is 429 Å². The Kier molecular flexibility index (Phi) is 56.2. The van der Waals surface area contributed by atoms with E-state index in [2.05, 4.69) is 57.2 Å². The molecule has 0 amide bonds. The number of unbranched alkanes of at least 4 members (excludes halogenated alkanes) is 39. The lowest BCUT2D eigenvalue weighted by Gasteiger charge is -2.18. The number of carbonyl (C=O) groups excluding carboxylic acids is 3. The number of esters is 3. The van der Waals surface area contributed by atoms with E-state index in [0.29, 0.717) is 19.3 Å². The monoisotopic (exact) mass is 969 g/mol. The van der Waals surface area contributed by atoms with Crippen LogP contribution in [0.25, 0.3) is 0 Å². The molecule has 0 bridgehead atoms. The summed E-state index contributed by atoms with van der Waals surface area (Å²) in [5, 5.41) is 0. The van der Waals surface area contributed by atoms with Gasteiger partial charge >= 0.3 is 17.9 Å². The zero-order valence-corrected chi connectivity index (χ0v) is 46.3. The van der Waals surface area contributed by atoms with Crippen molar-refractivity contribution in [1.29, 1.82) is 0 Å². The molecule has 0 aromatic rings. The average molecular weight is 970 g/mol. The fourth-order valence-corrected chi connectivity index (χ4v) is 8.99. The van der Waals surface area contributed by atoms with Crippen LogP contribution in [0.2, 0.25) is 0 Å². The molecule has 0 aliphatic carbocycles. The van der Waals surface area contributed by atoms with Crippen molar-refractivity contribution in [2.45, 2.75) is 335 Å². The second-order valence-corrected chi connectivity index (χ2v) is 20.6. The zero-order valence-electron chi connectivity index (χ0n) is 46.3. The fourth-order valence-electron chi connectivity index (χ4n) is 8.99. The largest absolute Gasteiger partial charge is 0.462 e. The van der Waals surface area contributed by atoms with Crippen LogP contribution in [0.15, 0.2) is 36.5 Å². The standard InChI is InChI=1S/C63H116O6/c1-4-7-10-13-16-19-22-24-26-28-30-31-32-33-35-36-38-41-44-47-50-53-56-62(65)68-59-60(58-67-61(64)55-52-49-46-43-40-21-18-15-12-9-6-3)69-63(66)57-54-51-48-45-42-39-37-34-29-27-25-23-20-17-14-11-8-5-2/h15,18,20,23,27,29,60H,4-14,16-17,19,21-22,24-26,28,30-59H2,1-3H3/b18-15-,23-20-,29-27-. The highest BCUT2D eigenvalue weighted by molar-refractivity contribution is 5.71. The molecule has 0 aromatic heterocycles. The second kappa shape index (κ2) is 58.2. The molecule has 1 unspecified atom stereocenters. The quantitative estimate of drug-likeness (QED) is 0.0261. The van der Waals surface area contributed by atoms with E-state index in [4.69, 9.17) is 14.2 Å². The van der Waals surface area contributed by atoms with Crippen molar-refractivity contribution in [3.63, 3.8) is 0 Å². The Morgan fingerprint density at radius 3 is 0.870 bits per heavy atom. The summed E-state index contributed by atoms with van der Waals surface area (Å²) in [6, 6.07) is 0. The summed E-state index contributed by atoms with van der Waals surface area (Å²) in [4.78, 5) is 38.2. The highest BCUT2D eigenvalue weighted by Crippen LogP contribution is 2.17. The molecule has 0 aliphatic heterocycles. The summed E-state index contributed by atoms with van der Waals surface area (Å²) in [7, 11) is 0. The maximum atomic E-state index is 12.9. The van der Waals surface area contributed by atoms with E-state index >= 15 is 0 Å². The van der Waals surface area contributed by atoms with Crippen molar-refractivity contribution >= 4 is 17.9 Å². The summed E-state index contributed by atoms with van der Waals surface area (Å²) >= 11 is 0. The number of carbonyl (C=O) groups is 3. The maximum Gasteiger partial charge on any atom is 0.306 e. The molecule has 0 heterocycles. The fraction of sp³-hybridized carbons (Fsp3) is 0.857. The third kappa shape index (κ3) is 56.4. The van der Waals surface area contributed by atoms with Crippen LogP contribution in [-0.2, 0) is 28.6 Å². The van der Waals surface area contributed by atoms with Gasteiger partial charge < -0.3 is 14.2 Å². The number of hydrogen-bond donors (Lipinski definition) is 0. The zero-order chi connectivity index (χ0) is 50.0. The Bertz CT molecular complexity index is 1160. The number of hydrogen-bond acceptors (Lipinski definition) is 6. The summed E-state index contributed by atoms with van der Waals surface area (Å²) < 4.78 is 16.9. The van der Waals surface area contributed by atoms with Crippen molar-refractivity contribution in [3.8, 4) is 0 Å². The molecule has 404 valence electrons. The van der Waals surface area contributed by atoms with Gasteiger partial charge in [-0.25, -0.2) is 0 Å². The van der Waals surface area contributed by atoms with Crippen molar-refractivity contribution < 1.29 is 28.6 Å². The molecule has 69 heavy (non-hydrogen) atoms. The lowest BCUT2D eigenvalue weighted by atomic mass is 10.0. The van der Waals surface area contributed by atoms with E-state index in [0.717, 1.165) is 77.0 Å². The van der Waals surface area contributed by atoms with Crippen molar-refractivity contribution in [3.05, 3.63) is 36.5 Å². The first kappa shape index (κ1) is 66.6. The molecule has 0 rings (SSSR count). The highest BCUT2D eigenvalue weighted by atomic mass is 16.6. The van der Waals surface area contributed by atoms with Gasteiger partial charge in [-0.15, -0.1) is 0 Å². The average Bonchev–Trinajstić information content (AvgIpc) is 3.35. The molecule has 0 saturated heterocycles. The molecule has 0 radical (unpaired) electrons. The van der Waals surface area contributed by atoms with E-state index in [-0.39, 0.29) is 31.1 Å². The van der Waals surface area contributed by atoms with Gasteiger partial charge in [0, 0.05) is 19.3 Å². The first-order valence-corrected chi connectivity index (χ1v) is 30.5. The number of rotatable bonds is 56. The summed E-state index contributed by atoms with van der Waals surface area (Å²) in [6.45, 7) is 6.62. The van der Waals surface area contributed by atoms with Crippen LogP contribution in [-0.4, -0.2) is 37.2 Å². The predicted octanol–water partition coefficient (Wildman–Crippen LogP) is 20.4. The maximum absolute atomic E-state index is 12.9. The Hall–Kier alpha value is -2.37. The van der Waals surface area contributed by atoms with Crippen LogP contribution in [0.5, 0.6) is 0 Å². The molecule has 0 aliphatic rings. The molecule has 0 saturated carbocycles. The lowest BCUT2D eigenvalue weighted by molar-refractivity contribution is -0.167. The van der Waals surface area contributed by atoms with Crippen molar-refractivity contribution in [2.24, 2.45) is 0 Å². The minimum absolute atomic E-state index is 0.0743. The molecule has 0 spiro atoms. The normalized spacial score (nSPS) is 12.2. The van der Waals surface area contributed by atoms with Gasteiger partial charge in [-0.1, -0.05) is 276 Å². The van der Waals surface area contributed by atoms with Crippen LogP contribution in [0.3, 0.4) is 0 Å². The smallest absolute Gasteiger partial charge is 0.306 e. The Morgan fingerprint density at radius 1 is 0.290 bits per heavy atom. The minimum Gasteiger partial charge on any atom is -0.462 e. The number of ether oxygens (including phenoxy) is 3. The van der Waals surface area contributed by atoms with Gasteiger partial charge in [-0.05, 0) is 70.6 Å². The Morgan fingerprint density at radius 2 is 0.536 bits per heavy atom. The van der Waals surface area contributed by atoms with Gasteiger partial charge in [0.25, 0.3) is 0 Å². The van der Waals surface area contributed by atoms with Crippen molar-refractivity contribution in [2.75, 3.05) is 13.2 Å².